The van der Waals surface area contributed by atoms with Crippen LogP contribution in [0.25, 0.3) is 10.9 Å². The van der Waals surface area contributed by atoms with Crippen molar-refractivity contribution < 1.29 is 14.3 Å². The third-order valence-corrected chi connectivity index (χ3v) is 5.21. The van der Waals surface area contributed by atoms with Crippen LogP contribution < -0.4 is 15.2 Å². The number of carbonyl (C=O) groups is 2. The number of rotatable bonds is 3. The van der Waals surface area contributed by atoms with Gasteiger partial charge in [0.05, 0.1) is 17.7 Å². The molecule has 0 bridgehead atoms. The molecule has 0 unspecified atom stereocenters. The van der Waals surface area contributed by atoms with Crippen molar-refractivity contribution in [3.8, 4) is 5.75 Å². The molecule has 6 nitrogen and oxygen atoms in total. The number of hydrogen-bond donors (Lipinski definition) is 0. The van der Waals surface area contributed by atoms with Crippen LogP contribution in [0.15, 0.2) is 47.3 Å². The average Bonchev–Trinajstić information content (AvgIpc) is 2.68. The summed E-state index contributed by atoms with van der Waals surface area (Å²) in [4.78, 5) is 39.0. The maximum absolute atomic E-state index is 13.0. The Morgan fingerprint density at radius 1 is 1.07 bits per heavy atom. The Labute approximate surface area is 162 Å². The number of likely N-dealkylation sites (N-methyl/N-ethyl adjacent to an activating group) is 1. The average molecular weight is 376 g/mol. The highest BCUT2D eigenvalue weighted by molar-refractivity contribution is 6.02. The van der Waals surface area contributed by atoms with Crippen LogP contribution in [0.4, 0.5) is 5.69 Å². The maximum atomic E-state index is 13.0. The highest BCUT2D eigenvalue weighted by atomic mass is 16.5. The second-order valence-electron chi connectivity index (χ2n) is 7.07. The standard InChI is InChI=1S/C22H20N2O4/c1-13-5-4-6-16-14(2)9-20(26)24(22(13)16)11-18(25)15-7-8-19-17(10-15)23(3)21(27)12-28-19/h4-10H,11-12H2,1-3H3. The molecular formula is C22H20N2O4. The molecule has 0 fully saturated rings. The van der Waals surface area contributed by atoms with Gasteiger partial charge in [0.15, 0.2) is 12.4 Å². The Kier molecular flexibility index (Phi) is 4.26. The van der Waals surface area contributed by atoms with E-state index in [9.17, 15) is 14.4 Å². The molecular weight excluding hydrogens is 356 g/mol. The lowest BCUT2D eigenvalue weighted by Gasteiger charge is -2.26. The number of fused-ring (bicyclic) bond motifs is 2. The third-order valence-electron chi connectivity index (χ3n) is 5.21. The molecule has 1 aliphatic heterocycles. The predicted molar refractivity (Wildman–Crippen MR) is 107 cm³/mol. The number of Topliss-reactive ketones (excluding diaryl/α,β-unsaturated/α-hetero) is 1. The summed E-state index contributed by atoms with van der Waals surface area (Å²) >= 11 is 0. The van der Waals surface area contributed by atoms with Crippen molar-refractivity contribution >= 4 is 28.3 Å². The summed E-state index contributed by atoms with van der Waals surface area (Å²) in [6.45, 7) is 3.74. The van der Waals surface area contributed by atoms with E-state index in [-0.39, 0.29) is 30.4 Å². The highest BCUT2D eigenvalue weighted by Gasteiger charge is 2.23. The van der Waals surface area contributed by atoms with Crippen LogP contribution >= 0.6 is 0 Å². The molecule has 0 atom stereocenters. The molecule has 0 saturated carbocycles. The van der Waals surface area contributed by atoms with Crippen molar-refractivity contribution in [3.05, 3.63) is 69.5 Å². The van der Waals surface area contributed by atoms with Gasteiger partial charge in [0, 0.05) is 24.1 Å². The van der Waals surface area contributed by atoms with E-state index in [1.165, 1.54) is 9.47 Å². The smallest absolute Gasteiger partial charge is 0.264 e. The lowest BCUT2D eigenvalue weighted by Crippen LogP contribution is -2.35. The monoisotopic (exact) mass is 376 g/mol. The normalized spacial score (nSPS) is 13.4. The molecule has 28 heavy (non-hydrogen) atoms. The van der Waals surface area contributed by atoms with Crippen molar-refractivity contribution in [1.29, 1.82) is 0 Å². The fraction of sp³-hybridized carbons (Fsp3) is 0.227. The van der Waals surface area contributed by atoms with Gasteiger partial charge in [-0.05, 0) is 43.2 Å². The Morgan fingerprint density at radius 3 is 2.64 bits per heavy atom. The molecule has 142 valence electrons. The molecule has 4 rings (SSSR count). The number of ketones is 1. The van der Waals surface area contributed by atoms with Gasteiger partial charge in [-0.2, -0.15) is 0 Å². The van der Waals surface area contributed by atoms with E-state index in [4.69, 9.17) is 4.74 Å². The number of para-hydroxylation sites is 1. The zero-order valence-corrected chi connectivity index (χ0v) is 16.0. The van der Waals surface area contributed by atoms with E-state index < -0.39 is 0 Å². The number of amides is 1. The Balaban J connectivity index is 1.76. The molecule has 0 radical (unpaired) electrons. The molecule has 2 heterocycles. The minimum absolute atomic E-state index is 0.0131. The molecule has 1 aromatic heterocycles. The van der Waals surface area contributed by atoms with Gasteiger partial charge in [-0.3, -0.25) is 14.4 Å². The minimum Gasteiger partial charge on any atom is -0.482 e. The topological polar surface area (TPSA) is 68.6 Å². The van der Waals surface area contributed by atoms with E-state index in [0.717, 1.165) is 22.0 Å². The van der Waals surface area contributed by atoms with Crippen LogP contribution in [0.5, 0.6) is 5.75 Å². The predicted octanol–water partition coefficient (Wildman–Crippen LogP) is 2.86. The van der Waals surface area contributed by atoms with Crippen molar-refractivity contribution in [1.82, 2.24) is 4.57 Å². The Hall–Kier alpha value is -3.41. The van der Waals surface area contributed by atoms with Gasteiger partial charge in [-0.1, -0.05) is 18.2 Å². The quantitative estimate of drug-likeness (QED) is 0.659. The fourth-order valence-corrected chi connectivity index (χ4v) is 3.62. The lowest BCUT2D eigenvalue weighted by molar-refractivity contribution is -0.120. The highest BCUT2D eigenvalue weighted by Crippen LogP contribution is 2.32. The first kappa shape index (κ1) is 18.0. The summed E-state index contributed by atoms with van der Waals surface area (Å²) in [6, 6.07) is 12.4. The summed E-state index contributed by atoms with van der Waals surface area (Å²) < 4.78 is 6.93. The first-order valence-corrected chi connectivity index (χ1v) is 9.03. The molecule has 0 aliphatic carbocycles. The van der Waals surface area contributed by atoms with Gasteiger partial charge in [0.1, 0.15) is 5.75 Å². The Bertz CT molecular complexity index is 1190. The van der Waals surface area contributed by atoms with Crippen LogP contribution in [0.3, 0.4) is 0 Å². The summed E-state index contributed by atoms with van der Waals surface area (Å²) in [6.07, 6.45) is 0. The molecule has 1 aliphatic rings. The molecule has 3 aromatic rings. The Morgan fingerprint density at radius 2 is 1.86 bits per heavy atom. The second-order valence-corrected chi connectivity index (χ2v) is 7.07. The van der Waals surface area contributed by atoms with Gasteiger partial charge in [0.25, 0.3) is 11.5 Å². The number of ether oxygens (including phenoxy) is 1. The zero-order valence-electron chi connectivity index (χ0n) is 16.0. The number of aryl methyl sites for hydroxylation is 2. The van der Waals surface area contributed by atoms with Gasteiger partial charge in [-0.25, -0.2) is 0 Å². The number of anilines is 1. The van der Waals surface area contributed by atoms with Crippen LogP contribution in [0, 0.1) is 13.8 Å². The molecule has 2 aromatic carbocycles. The van der Waals surface area contributed by atoms with Crippen molar-refractivity contribution in [2.75, 3.05) is 18.6 Å². The van der Waals surface area contributed by atoms with E-state index in [1.807, 2.05) is 32.0 Å². The third kappa shape index (κ3) is 2.87. The summed E-state index contributed by atoms with van der Waals surface area (Å²) in [5, 5.41) is 0.955. The molecule has 6 heteroatoms. The number of hydrogen-bond acceptors (Lipinski definition) is 4. The minimum atomic E-state index is -0.207. The van der Waals surface area contributed by atoms with Crippen LogP contribution in [0.1, 0.15) is 21.5 Å². The maximum Gasteiger partial charge on any atom is 0.264 e. The van der Waals surface area contributed by atoms with Crippen LogP contribution in [0.2, 0.25) is 0 Å². The first-order chi connectivity index (χ1) is 13.4. The van der Waals surface area contributed by atoms with Gasteiger partial charge in [-0.15, -0.1) is 0 Å². The summed E-state index contributed by atoms with van der Waals surface area (Å²) in [5.41, 5.74) is 3.38. The number of aromatic nitrogens is 1. The molecule has 0 N–H and O–H groups in total. The lowest BCUT2D eigenvalue weighted by atomic mass is 10.0. The van der Waals surface area contributed by atoms with Crippen molar-refractivity contribution in [3.63, 3.8) is 0 Å². The molecule has 0 saturated heterocycles. The number of pyridine rings is 1. The molecule has 1 amide bonds. The summed E-state index contributed by atoms with van der Waals surface area (Å²) in [7, 11) is 1.65. The largest absolute Gasteiger partial charge is 0.482 e. The fourth-order valence-electron chi connectivity index (χ4n) is 3.62. The first-order valence-electron chi connectivity index (χ1n) is 9.03. The number of nitrogens with zero attached hydrogens (tertiary/aromatic N) is 2. The SMILES string of the molecule is Cc1cc(=O)n(CC(=O)c2ccc3c(c2)N(C)C(=O)CO3)c2c(C)cccc12. The van der Waals surface area contributed by atoms with Crippen LogP contribution in [-0.2, 0) is 11.3 Å². The van der Waals surface area contributed by atoms with Gasteiger partial charge in [0.2, 0.25) is 0 Å². The van der Waals surface area contributed by atoms with Crippen molar-refractivity contribution in [2.45, 2.75) is 20.4 Å². The van der Waals surface area contributed by atoms with Crippen molar-refractivity contribution in [2.24, 2.45) is 0 Å². The summed E-state index contributed by atoms with van der Waals surface area (Å²) in [5.74, 6) is 0.186. The van der Waals surface area contributed by atoms with E-state index >= 15 is 0 Å². The van der Waals surface area contributed by atoms with E-state index in [2.05, 4.69) is 0 Å². The van der Waals surface area contributed by atoms with E-state index in [0.29, 0.717) is 17.0 Å². The molecule has 0 spiro atoms. The van der Waals surface area contributed by atoms with Gasteiger partial charge < -0.3 is 14.2 Å². The van der Waals surface area contributed by atoms with Crippen LogP contribution in [-0.4, -0.2) is 29.9 Å². The number of carbonyl (C=O) groups excluding carboxylic acids is 2. The number of benzene rings is 2. The zero-order chi connectivity index (χ0) is 20.0. The van der Waals surface area contributed by atoms with Gasteiger partial charge >= 0.3 is 0 Å². The second kappa shape index (κ2) is 6.64. The van der Waals surface area contributed by atoms with E-state index in [1.54, 1.807) is 31.3 Å².